The number of pyridine rings is 1. The highest BCUT2D eigenvalue weighted by Crippen LogP contribution is 2.28. The molecule has 0 amide bonds. The summed E-state index contributed by atoms with van der Waals surface area (Å²) in [6.45, 7) is 2.19. The van der Waals surface area contributed by atoms with E-state index in [-0.39, 0.29) is 12.3 Å². The zero-order valence-corrected chi connectivity index (χ0v) is 17.7. The number of aryl methyl sites for hydroxylation is 1. The third-order valence-corrected chi connectivity index (χ3v) is 5.09. The molecule has 1 N–H and O–H groups in total. The molecule has 0 atom stereocenters. The van der Waals surface area contributed by atoms with Gasteiger partial charge in [0, 0.05) is 41.9 Å². The van der Waals surface area contributed by atoms with Crippen LogP contribution in [-0.2, 0) is 0 Å². The van der Waals surface area contributed by atoms with E-state index in [0.29, 0.717) is 22.9 Å². The minimum absolute atomic E-state index is 0.0261. The van der Waals surface area contributed by atoms with Crippen LogP contribution in [0.25, 0.3) is 11.3 Å². The fourth-order valence-electron chi connectivity index (χ4n) is 3.21. The van der Waals surface area contributed by atoms with Gasteiger partial charge in [-0.2, -0.15) is 5.26 Å². The smallest absolute Gasteiger partial charge is 0.299 e. The third kappa shape index (κ3) is 4.65. The highest BCUT2D eigenvalue weighted by Gasteiger charge is 2.13. The van der Waals surface area contributed by atoms with Gasteiger partial charge in [-0.25, -0.2) is 4.98 Å². The molecule has 7 heteroatoms. The number of hydrogen-bond donors (Lipinski definition) is 1. The van der Waals surface area contributed by atoms with Gasteiger partial charge in [0.1, 0.15) is 0 Å². The van der Waals surface area contributed by atoms with Gasteiger partial charge in [-0.15, -0.1) is 0 Å². The number of rotatable bonds is 7. The first kappa shape index (κ1) is 20.8. The van der Waals surface area contributed by atoms with Gasteiger partial charge in [0.05, 0.1) is 24.4 Å². The Labute approximate surface area is 186 Å². The van der Waals surface area contributed by atoms with Crippen molar-refractivity contribution < 1.29 is 9.21 Å². The summed E-state index contributed by atoms with van der Waals surface area (Å²) in [6, 6.07) is 18.7. The SMILES string of the molecule is Cc1ccc(N(C)CC(=O)c2ccc(C#N)cc2)cc1Nc1ncc(-c2ccncc2)o1. The summed E-state index contributed by atoms with van der Waals surface area (Å²) in [4.78, 5) is 22.8. The third-order valence-electron chi connectivity index (χ3n) is 5.09. The number of nitrogens with one attached hydrogen (secondary N) is 1. The molecule has 2 aromatic carbocycles. The first-order chi connectivity index (χ1) is 15.5. The number of nitriles is 1. The van der Waals surface area contributed by atoms with E-state index in [1.165, 1.54) is 0 Å². The molecule has 158 valence electrons. The van der Waals surface area contributed by atoms with E-state index in [1.807, 2.05) is 49.2 Å². The summed E-state index contributed by atoms with van der Waals surface area (Å²) in [5.41, 5.74) is 4.73. The van der Waals surface area contributed by atoms with E-state index in [4.69, 9.17) is 9.68 Å². The monoisotopic (exact) mass is 423 g/mol. The molecule has 4 aromatic rings. The van der Waals surface area contributed by atoms with Gasteiger partial charge in [0.25, 0.3) is 6.01 Å². The number of carbonyl (C=O) groups excluding carboxylic acids is 1. The van der Waals surface area contributed by atoms with Crippen molar-refractivity contribution in [1.29, 1.82) is 5.26 Å². The van der Waals surface area contributed by atoms with Crippen molar-refractivity contribution in [2.45, 2.75) is 6.92 Å². The number of carbonyl (C=O) groups is 1. The molecule has 0 bridgehead atoms. The summed E-state index contributed by atoms with van der Waals surface area (Å²) < 4.78 is 5.83. The van der Waals surface area contributed by atoms with Crippen LogP contribution in [0.3, 0.4) is 0 Å². The number of ketones is 1. The van der Waals surface area contributed by atoms with Gasteiger partial charge >= 0.3 is 0 Å². The second kappa shape index (κ2) is 9.14. The van der Waals surface area contributed by atoms with Gasteiger partial charge < -0.3 is 14.6 Å². The van der Waals surface area contributed by atoms with Crippen molar-refractivity contribution >= 4 is 23.2 Å². The maximum Gasteiger partial charge on any atom is 0.299 e. The van der Waals surface area contributed by atoms with Crippen LogP contribution in [0.5, 0.6) is 0 Å². The Hall–Kier alpha value is -4.44. The predicted molar refractivity (Wildman–Crippen MR) is 123 cm³/mol. The van der Waals surface area contributed by atoms with Crippen LogP contribution in [0.1, 0.15) is 21.5 Å². The van der Waals surface area contributed by atoms with Crippen LogP contribution in [0.2, 0.25) is 0 Å². The predicted octanol–water partition coefficient (Wildman–Crippen LogP) is 4.98. The van der Waals surface area contributed by atoms with Gasteiger partial charge in [0.15, 0.2) is 11.5 Å². The van der Waals surface area contributed by atoms with E-state index in [2.05, 4.69) is 21.4 Å². The van der Waals surface area contributed by atoms with Crippen LogP contribution < -0.4 is 10.2 Å². The van der Waals surface area contributed by atoms with Crippen molar-refractivity contribution in [1.82, 2.24) is 9.97 Å². The highest BCUT2D eigenvalue weighted by atomic mass is 16.4. The standard InChI is InChI=1S/C25H21N5O2/c1-17-3-8-21(30(2)16-23(31)19-6-4-18(14-26)5-7-19)13-22(17)29-25-28-15-24(32-25)20-9-11-27-12-10-20/h3-13,15H,16H2,1-2H3,(H,28,29). The Kier molecular flexibility index (Phi) is 5.95. The number of oxazole rings is 1. The summed E-state index contributed by atoms with van der Waals surface area (Å²) in [7, 11) is 1.86. The second-order valence-corrected chi connectivity index (χ2v) is 7.36. The number of benzene rings is 2. The van der Waals surface area contributed by atoms with Crippen molar-refractivity contribution in [3.05, 3.63) is 89.9 Å². The van der Waals surface area contributed by atoms with Gasteiger partial charge in [-0.3, -0.25) is 9.78 Å². The Bertz CT molecular complexity index is 1270. The molecule has 2 aromatic heterocycles. The first-order valence-electron chi connectivity index (χ1n) is 10.0. The van der Waals surface area contributed by atoms with Crippen LogP contribution in [0.15, 0.2) is 77.6 Å². The van der Waals surface area contributed by atoms with E-state index in [0.717, 1.165) is 22.5 Å². The molecule has 2 heterocycles. The van der Waals surface area contributed by atoms with Crippen molar-refractivity contribution in [3.8, 4) is 17.4 Å². The lowest BCUT2D eigenvalue weighted by Gasteiger charge is -2.20. The molecule has 4 rings (SSSR count). The lowest BCUT2D eigenvalue weighted by Crippen LogP contribution is -2.25. The number of anilines is 3. The zero-order chi connectivity index (χ0) is 22.5. The first-order valence-corrected chi connectivity index (χ1v) is 10.0. The van der Waals surface area contributed by atoms with Crippen molar-refractivity contribution in [3.63, 3.8) is 0 Å². The summed E-state index contributed by atoms with van der Waals surface area (Å²) in [6.07, 6.45) is 5.07. The summed E-state index contributed by atoms with van der Waals surface area (Å²) in [5, 5.41) is 12.1. The highest BCUT2D eigenvalue weighted by molar-refractivity contribution is 5.99. The maximum absolute atomic E-state index is 12.6. The molecule has 0 saturated carbocycles. The molecule has 0 unspecified atom stereocenters. The minimum atomic E-state index is -0.0261. The maximum atomic E-state index is 12.6. The second-order valence-electron chi connectivity index (χ2n) is 7.36. The Morgan fingerprint density at radius 3 is 2.59 bits per heavy atom. The number of hydrogen-bond acceptors (Lipinski definition) is 7. The topological polar surface area (TPSA) is 95.1 Å². The van der Waals surface area contributed by atoms with Crippen LogP contribution in [0.4, 0.5) is 17.4 Å². The quantitative estimate of drug-likeness (QED) is 0.419. The van der Waals surface area contributed by atoms with Gasteiger partial charge in [-0.05, 0) is 48.9 Å². The fraction of sp³-hybridized carbons (Fsp3) is 0.120. The lowest BCUT2D eigenvalue weighted by atomic mass is 10.1. The Morgan fingerprint density at radius 2 is 1.88 bits per heavy atom. The number of Topliss-reactive ketones (excluding diaryl/α,β-unsaturated/α-hetero) is 1. The molecule has 0 fully saturated rings. The number of aromatic nitrogens is 2. The van der Waals surface area contributed by atoms with Gasteiger partial charge in [-0.1, -0.05) is 18.2 Å². The molecule has 0 aliphatic carbocycles. The minimum Gasteiger partial charge on any atom is -0.423 e. The lowest BCUT2D eigenvalue weighted by molar-refractivity contribution is 0.100. The van der Waals surface area contributed by atoms with E-state index < -0.39 is 0 Å². The zero-order valence-electron chi connectivity index (χ0n) is 17.7. The molecule has 0 aliphatic rings. The van der Waals surface area contributed by atoms with Crippen LogP contribution in [0, 0.1) is 18.3 Å². The van der Waals surface area contributed by atoms with Crippen LogP contribution in [-0.4, -0.2) is 29.3 Å². The normalized spacial score (nSPS) is 10.4. The molecular formula is C25H21N5O2. The molecular weight excluding hydrogens is 402 g/mol. The average Bonchev–Trinajstić information content (AvgIpc) is 3.29. The number of likely N-dealkylation sites (N-methyl/N-ethyl adjacent to an activating group) is 1. The largest absolute Gasteiger partial charge is 0.423 e. The Morgan fingerprint density at radius 1 is 1.12 bits per heavy atom. The van der Waals surface area contributed by atoms with E-state index >= 15 is 0 Å². The molecule has 0 spiro atoms. The van der Waals surface area contributed by atoms with E-state index in [9.17, 15) is 4.79 Å². The van der Waals surface area contributed by atoms with Crippen LogP contribution >= 0.6 is 0 Å². The fourth-order valence-corrected chi connectivity index (χ4v) is 3.21. The summed E-state index contributed by atoms with van der Waals surface area (Å²) in [5.74, 6) is 0.621. The van der Waals surface area contributed by atoms with Crippen molar-refractivity contribution in [2.75, 3.05) is 23.8 Å². The Balaban J connectivity index is 1.48. The molecule has 0 aliphatic heterocycles. The molecule has 0 saturated heterocycles. The summed E-state index contributed by atoms with van der Waals surface area (Å²) >= 11 is 0. The molecule has 32 heavy (non-hydrogen) atoms. The molecule has 0 radical (unpaired) electrons. The van der Waals surface area contributed by atoms with Crippen molar-refractivity contribution in [2.24, 2.45) is 0 Å². The average molecular weight is 423 g/mol. The molecule has 7 nitrogen and oxygen atoms in total. The van der Waals surface area contributed by atoms with Gasteiger partial charge in [0.2, 0.25) is 0 Å². The number of nitrogens with zero attached hydrogens (tertiary/aromatic N) is 4. The van der Waals surface area contributed by atoms with E-state index in [1.54, 1.807) is 42.9 Å².